The number of nitrogens with one attached hydrogen (secondary N) is 2. The number of carbonyl (C=O) groups excluding carboxylic acids is 2. The van der Waals surface area contributed by atoms with E-state index in [9.17, 15) is 14.0 Å². The molecule has 0 unspecified atom stereocenters. The Balaban J connectivity index is 1.82. The number of hydrogen-bond donors (Lipinski definition) is 2. The van der Waals surface area contributed by atoms with E-state index in [2.05, 4.69) is 22.5 Å². The van der Waals surface area contributed by atoms with Gasteiger partial charge in [-0.05, 0) is 54.7 Å². The van der Waals surface area contributed by atoms with Crippen molar-refractivity contribution in [3.05, 3.63) is 59.4 Å². The summed E-state index contributed by atoms with van der Waals surface area (Å²) in [6.45, 7) is 8.01. The van der Waals surface area contributed by atoms with Crippen molar-refractivity contribution in [1.29, 1.82) is 0 Å². The van der Waals surface area contributed by atoms with Crippen LogP contribution in [0.2, 0.25) is 0 Å². The number of amides is 2. The Kier molecular flexibility index (Phi) is 7.08. The van der Waals surface area contributed by atoms with Crippen LogP contribution in [0, 0.1) is 17.7 Å². The van der Waals surface area contributed by atoms with Crippen LogP contribution in [-0.4, -0.2) is 24.9 Å². The molecule has 1 aliphatic heterocycles. The Morgan fingerprint density at radius 2 is 1.77 bits per heavy atom. The first-order valence-corrected chi connectivity index (χ1v) is 10.6. The Labute approximate surface area is 177 Å². The Hall–Kier alpha value is -2.89. The summed E-state index contributed by atoms with van der Waals surface area (Å²) in [7, 11) is 0. The molecule has 160 valence electrons. The van der Waals surface area contributed by atoms with Gasteiger partial charge >= 0.3 is 0 Å². The Morgan fingerprint density at radius 3 is 2.40 bits per heavy atom. The molecule has 2 aromatic carbocycles. The lowest BCUT2D eigenvalue weighted by Crippen LogP contribution is -2.35. The molecule has 0 saturated carbocycles. The molecule has 2 N–H and O–H groups in total. The minimum absolute atomic E-state index is 0.0905. The van der Waals surface area contributed by atoms with Crippen LogP contribution in [0.4, 0.5) is 15.8 Å². The zero-order valence-electron chi connectivity index (χ0n) is 17.9. The molecule has 0 atom stereocenters. The van der Waals surface area contributed by atoms with E-state index in [1.165, 1.54) is 12.1 Å². The van der Waals surface area contributed by atoms with Crippen LogP contribution in [0.3, 0.4) is 0 Å². The van der Waals surface area contributed by atoms with E-state index in [1.807, 2.05) is 26.0 Å². The molecule has 1 fully saturated rings. The second kappa shape index (κ2) is 9.74. The molecular weight excluding hydrogens is 381 g/mol. The summed E-state index contributed by atoms with van der Waals surface area (Å²) in [5.74, 6) is -0.0771. The molecule has 30 heavy (non-hydrogen) atoms. The largest absolute Gasteiger partial charge is 0.371 e. The maximum atomic E-state index is 13.1. The van der Waals surface area contributed by atoms with Gasteiger partial charge in [-0.15, -0.1) is 0 Å². The molecule has 6 heteroatoms. The van der Waals surface area contributed by atoms with E-state index in [4.69, 9.17) is 0 Å². The standard InChI is InChI=1S/C24H30FN3O2/c1-16(2)23(29)27-20-8-9-22(28-12-10-17(3)11-13-28)21(14-20)24(30)26-15-18-4-6-19(25)7-5-18/h4-9,14,16-17H,10-13,15H2,1-3H3,(H,26,30)(H,27,29). The topological polar surface area (TPSA) is 61.4 Å². The number of benzene rings is 2. The van der Waals surface area contributed by atoms with E-state index in [0.29, 0.717) is 23.7 Å². The molecule has 1 aliphatic rings. The first-order valence-electron chi connectivity index (χ1n) is 10.6. The third-order valence-electron chi connectivity index (χ3n) is 5.52. The van der Waals surface area contributed by atoms with Gasteiger partial charge in [0.1, 0.15) is 5.82 Å². The monoisotopic (exact) mass is 411 g/mol. The lowest BCUT2D eigenvalue weighted by atomic mass is 9.97. The van der Waals surface area contributed by atoms with Crippen LogP contribution in [0.1, 0.15) is 49.5 Å². The number of anilines is 2. The molecule has 3 rings (SSSR count). The predicted molar refractivity (Wildman–Crippen MR) is 118 cm³/mol. The highest BCUT2D eigenvalue weighted by atomic mass is 19.1. The minimum Gasteiger partial charge on any atom is -0.371 e. The number of carbonyl (C=O) groups is 2. The van der Waals surface area contributed by atoms with E-state index >= 15 is 0 Å². The van der Waals surface area contributed by atoms with Gasteiger partial charge in [0.15, 0.2) is 0 Å². The van der Waals surface area contributed by atoms with Gasteiger partial charge in [0.2, 0.25) is 5.91 Å². The van der Waals surface area contributed by atoms with Gasteiger partial charge in [-0.1, -0.05) is 32.9 Å². The van der Waals surface area contributed by atoms with Crippen molar-refractivity contribution < 1.29 is 14.0 Å². The van der Waals surface area contributed by atoms with Crippen LogP contribution < -0.4 is 15.5 Å². The summed E-state index contributed by atoms with van der Waals surface area (Å²) in [5.41, 5.74) is 2.84. The maximum absolute atomic E-state index is 13.1. The van der Waals surface area contributed by atoms with Gasteiger partial charge < -0.3 is 15.5 Å². The highest BCUT2D eigenvalue weighted by Gasteiger charge is 2.22. The zero-order chi connectivity index (χ0) is 21.7. The van der Waals surface area contributed by atoms with Gasteiger partial charge in [0.05, 0.1) is 5.56 Å². The second-order valence-electron chi connectivity index (χ2n) is 8.35. The van der Waals surface area contributed by atoms with Crippen molar-refractivity contribution in [2.24, 2.45) is 11.8 Å². The summed E-state index contributed by atoms with van der Waals surface area (Å²) in [6, 6.07) is 11.6. The fourth-order valence-electron chi connectivity index (χ4n) is 3.49. The zero-order valence-corrected chi connectivity index (χ0v) is 17.9. The number of rotatable bonds is 6. The Morgan fingerprint density at radius 1 is 1.10 bits per heavy atom. The van der Waals surface area contributed by atoms with E-state index in [-0.39, 0.29) is 23.5 Å². The summed E-state index contributed by atoms with van der Waals surface area (Å²) >= 11 is 0. The SMILES string of the molecule is CC1CCN(c2ccc(NC(=O)C(C)C)cc2C(=O)NCc2ccc(F)cc2)CC1. The molecule has 2 amide bonds. The highest BCUT2D eigenvalue weighted by Crippen LogP contribution is 2.29. The van der Waals surface area contributed by atoms with Crippen LogP contribution in [0.15, 0.2) is 42.5 Å². The molecular formula is C24H30FN3O2. The summed E-state index contributed by atoms with van der Waals surface area (Å²) in [6.07, 6.45) is 2.17. The number of hydrogen-bond acceptors (Lipinski definition) is 3. The van der Waals surface area contributed by atoms with Crippen molar-refractivity contribution in [3.8, 4) is 0 Å². The maximum Gasteiger partial charge on any atom is 0.253 e. The van der Waals surface area contributed by atoms with Crippen LogP contribution in [0.25, 0.3) is 0 Å². The van der Waals surface area contributed by atoms with E-state index in [0.717, 1.165) is 37.2 Å². The van der Waals surface area contributed by atoms with Gasteiger partial charge in [-0.2, -0.15) is 0 Å². The quantitative estimate of drug-likeness (QED) is 0.731. The van der Waals surface area contributed by atoms with Crippen LogP contribution in [0.5, 0.6) is 0 Å². The number of piperidine rings is 1. The fourth-order valence-corrected chi connectivity index (χ4v) is 3.49. The smallest absolute Gasteiger partial charge is 0.253 e. The highest BCUT2D eigenvalue weighted by molar-refractivity contribution is 6.02. The van der Waals surface area contributed by atoms with Crippen LogP contribution in [-0.2, 0) is 11.3 Å². The van der Waals surface area contributed by atoms with Gasteiger partial charge in [0.25, 0.3) is 5.91 Å². The summed E-state index contributed by atoms with van der Waals surface area (Å²) in [5, 5.41) is 5.80. The summed E-state index contributed by atoms with van der Waals surface area (Å²) in [4.78, 5) is 27.4. The van der Waals surface area contributed by atoms with Crippen molar-refractivity contribution >= 4 is 23.2 Å². The van der Waals surface area contributed by atoms with Crippen LogP contribution >= 0.6 is 0 Å². The third-order valence-corrected chi connectivity index (χ3v) is 5.52. The van der Waals surface area contributed by atoms with Gasteiger partial charge in [0, 0.05) is 36.9 Å². The molecule has 0 aromatic heterocycles. The molecule has 5 nitrogen and oxygen atoms in total. The van der Waals surface area contributed by atoms with Crippen molar-refractivity contribution in [2.75, 3.05) is 23.3 Å². The molecule has 0 radical (unpaired) electrons. The van der Waals surface area contributed by atoms with Crippen molar-refractivity contribution in [1.82, 2.24) is 5.32 Å². The Bertz CT molecular complexity index is 888. The average molecular weight is 412 g/mol. The van der Waals surface area contributed by atoms with Gasteiger partial charge in [-0.3, -0.25) is 9.59 Å². The van der Waals surface area contributed by atoms with Gasteiger partial charge in [-0.25, -0.2) is 4.39 Å². The fraction of sp³-hybridized carbons (Fsp3) is 0.417. The molecule has 0 aliphatic carbocycles. The molecule has 1 heterocycles. The lowest BCUT2D eigenvalue weighted by molar-refractivity contribution is -0.118. The van der Waals surface area contributed by atoms with E-state index in [1.54, 1.807) is 18.2 Å². The first kappa shape index (κ1) is 21.8. The van der Waals surface area contributed by atoms with Crippen molar-refractivity contribution in [2.45, 2.75) is 40.2 Å². The molecule has 0 spiro atoms. The van der Waals surface area contributed by atoms with E-state index < -0.39 is 0 Å². The van der Waals surface area contributed by atoms with Crippen molar-refractivity contribution in [3.63, 3.8) is 0 Å². The molecule has 0 bridgehead atoms. The third kappa shape index (κ3) is 5.59. The second-order valence-corrected chi connectivity index (χ2v) is 8.35. The predicted octanol–water partition coefficient (Wildman–Crippen LogP) is 4.59. The first-order chi connectivity index (χ1) is 14.3. The summed E-state index contributed by atoms with van der Waals surface area (Å²) < 4.78 is 13.1. The minimum atomic E-state index is -0.305. The number of nitrogens with zero attached hydrogens (tertiary/aromatic N) is 1. The number of halogens is 1. The molecule has 2 aromatic rings. The lowest BCUT2D eigenvalue weighted by Gasteiger charge is -2.33. The molecule has 1 saturated heterocycles. The average Bonchev–Trinajstić information content (AvgIpc) is 2.73. The normalized spacial score (nSPS) is 14.6.